The molecule has 0 saturated heterocycles. The van der Waals surface area contributed by atoms with E-state index >= 15 is 0 Å². The monoisotopic (exact) mass is 394 g/mol. The highest BCUT2D eigenvalue weighted by Crippen LogP contribution is 2.32. The second-order valence-electron chi connectivity index (χ2n) is 6.02. The van der Waals surface area contributed by atoms with Gasteiger partial charge in [-0.25, -0.2) is 4.98 Å². The van der Waals surface area contributed by atoms with Gasteiger partial charge in [0.15, 0.2) is 6.04 Å². The van der Waals surface area contributed by atoms with Crippen molar-refractivity contribution in [1.82, 2.24) is 10.3 Å². The van der Waals surface area contributed by atoms with Gasteiger partial charge in [-0.3, -0.25) is 4.79 Å². The Morgan fingerprint density at radius 1 is 1.19 bits per heavy atom. The van der Waals surface area contributed by atoms with Gasteiger partial charge in [-0.15, -0.1) is 11.3 Å². The Bertz CT molecular complexity index is 890. The van der Waals surface area contributed by atoms with Crippen molar-refractivity contribution < 1.29 is 22.7 Å². The molecule has 3 rings (SSSR count). The Morgan fingerprint density at radius 3 is 2.56 bits per heavy atom. The van der Waals surface area contributed by atoms with Gasteiger partial charge >= 0.3 is 6.18 Å². The number of carbonyl (C=O) groups is 1. The molecule has 2 aromatic carbocycles. The Labute approximate surface area is 158 Å². The largest absolute Gasteiger partial charge is 0.412 e. The van der Waals surface area contributed by atoms with Gasteiger partial charge in [-0.1, -0.05) is 42.0 Å². The lowest BCUT2D eigenvalue weighted by Gasteiger charge is -2.22. The van der Waals surface area contributed by atoms with E-state index in [-0.39, 0.29) is 12.2 Å². The van der Waals surface area contributed by atoms with Gasteiger partial charge in [-0.05, 0) is 24.6 Å². The zero-order chi connectivity index (χ0) is 19.4. The maximum Gasteiger partial charge on any atom is 0.412 e. The number of halogens is 3. The highest BCUT2D eigenvalue weighted by molar-refractivity contribution is 7.18. The second kappa shape index (κ2) is 8.06. The van der Waals surface area contributed by atoms with Crippen LogP contribution in [0.25, 0.3) is 10.2 Å². The van der Waals surface area contributed by atoms with Crippen LogP contribution in [0.2, 0.25) is 0 Å². The van der Waals surface area contributed by atoms with Gasteiger partial charge in [0.2, 0.25) is 5.91 Å². The van der Waals surface area contributed by atoms with Gasteiger partial charge in [0.1, 0.15) is 11.6 Å². The van der Waals surface area contributed by atoms with Gasteiger partial charge in [0.05, 0.1) is 16.8 Å². The molecule has 1 atom stereocenters. The summed E-state index contributed by atoms with van der Waals surface area (Å²) >= 11 is 1.42. The molecule has 0 spiro atoms. The molecule has 1 N–H and O–H groups in total. The molecule has 0 aliphatic carbocycles. The molecule has 4 nitrogen and oxygen atoms in total. The van der Waals surface area contributed by atoms with E-state index in [4.69, 9.17) is 4.74 Å². The summed E-state index contributed by atoms with van der Waals surface area (Å²) in [4.78, 5) is 16.3. The molecule has 0 aliphatic rings. The van der Waals surface area contributed by atoms with Crippen LogP contribution in [0.15, 0.2) is 48.5 Å². The van der Waals surface area contributed by atoms with E-state index in [1.165, 1.54) is 23.5 Å². The number of aromatic nitrogens is 1. The molecular formula is C19H17F3N2O2S. The molecule has 1 aromatic heterocycles. The molecule has 8 heteroatoms. The van der Waals surface area contributed by atoms with Crippen molar-refractivity contribution in [3.05, 3.63) is 64.7 Å². The normalized spacial score (nSPS) is 12.9. The third kappa shape index (κ3) is 5.05. The number of aryl methyl sites for hydroxylation is 1. The highest BCUT2D eigenvalue weighted by atomic mass is 32.1. The van der Waals surface area contributed by atoms with Gasteiger partial charge < -0.3 is 10.1 Å². The predicted molar refractivity (Wildman–Crippen MR) is 97.4 cm³/mol. The summed E-state index contributed by atoms with van der Waals surface area (Å²) in [5.74, 6) is -0.834. The summed E-state index contributed by atoms with van der Waals surface area (Å²) in [6.07, 6.45) is -4.60. The Hall–Kier alpha value is -2.45. The first kappa shape index (κ1) is 19.3. The number of nitrogens with one attached hydrogen (secondary N) is 1. The molecule has 0 aliphatic heterocycles. The summed E-state index contributed by atoms with van der Waals surface area (Å²) in [6.45, 7) is 1.36. The minimum Gasteiger partial charge on any atom is -0.364 e. The number of para-hydroxylation sites is 1. The third-order valence-electron chi connectivity index (χ3n) is 3.84. The molecular weight excluding hydrogens is 377 g/mol. The molecule has 0 saturated carbocycles. The van der Waals surface area contributed by atoms with E-state index < -0.39 is 24.7 Å². The van der Waals surface area contributed by atoms with Crippen LogP contribution in [-0.4, -0.2) is 23.7 Å². The average molecular weight is 394 g/mol. The fraction of sp³-hybridized carbons (Fsp3) is 0.263. The summed E-state index contributed by atoms with van der Waals surface area (Å²) in [7, 11) is 0. The predicted octanol–water partition coefficient (Wildman–Crippen LogP) is 4.54. The average Bonchev–Trinajstić information content (AvgIpc) is 3.02. The van der Waals surface area contributed by atoms with Crippen LogP contribution in [-0.2, 0) is 16.1 Å². The molecule has 142 valence electrons. The lowest BCUT2D eigenvalue weighted by Crippen LogP contribution is -2.39. The van der Waals surface area contributed by atoms with Crippen molar-refractivity contribution in [2.45, 2.75) is 25.7 Å². The maximum atomic E-state index is 13.3. The number of ether oxygens (including phenoxy) is 1. The first-order valence-electron chi connectivity index (χ1n) is 8.18. The Morgan fingerprint density at radius 2 is 1.89 bits per heavy atom. The number of rotatable bonds is 6. The smallest absolute Gasteiger partial charge is 0.364 e. The maximum absolute atomic E-state index is 13.3. The number of benzene rings is 2. The Balaban J connectivity index is 1.58. The number of hydrogen-bond acceptors (Lipinski definition) is 4. The molecule has 0 fully saturated rings. The van der Waals surface area contributed by atoms with Crippen LogP contribution in [0.1, 0.15) is 22.2 Å². The minimum atomic E-state index is -4.60. The Kier molecular flexibility index (Phi) is 5.76. The molecule has 0 radical (unpaired) electrons. The number of carbonyl (C=O) groups excluding carboxylic acids is 1. The van der Waals surface area contributed by atoms with E-state index in [1.807, 2.05) is 29.6 Å². The lowest BCUT2D eigenvalue weighted by atomic mass is 10.0. The minimum absolute atomic E-state index is 0.0207. The molecule has 1 heterocycles. The van der Waals surface area contributed by atoms with Crippen LogP contribution in [0, 0.1) is 6.92 Å². The van der Waals surface area contributed by atoms with Crippen LogP contribution in [0.4, 0.5) is 13.2 Å². The zero-order valence-corrected chi connectivity index (χ0v) is 15.2. The zero-order valence-electron chi connectivity index (χ0n) is 14.4. The quantitative estimate of drug-likeness (QED) is 0.668. The van der Waals surface area contributed by atoms with Gasteiger partial charge in [-0.2, -0.15) is 13.2 Å². The van der Waals surface area contributed by atoms with E-state index in [1.54, 1.807) is 19.1 Å². The van der Waals surface area contributed by atoms with Crippen molar-refractivity contribution in [2.24, 2.45) is 0 Å². The summed E-state index contributed by atoms with van der Waals surface area (Å²) < 4.78 is 46.2. The van der Waals surface area contributed by atoms with Crippen molar-refractivity contribution >= 4 is 27.5 Å². The van der Waals surface area contributed by atoms with Crippen LogP contribution in [0.5, 0.6) is 0 Å². The van der Waals surface area contributed by atoms with Crippen molar-refractivity contribution in [3.8, 4) is 0 Å². The van der Waals surface area contributed by atoms with Crippen LogP contribution in [0.3, 0.4) is 0 Å². The number of alkyl halides is 3. The topological polar surface area (TPSA) is 51.2 Å². The molecule has 27 heavy (non-hydrogen) atoms. The van der Waals surface area contributed by atoms with Crippen molar-refractivity contribution in [3.63, 3.8) is 0 Å². The van der Waals surface area contributed by atoms with E-state index in [0.29, 0.717) is 5.01 Å². The van der Waals surface area contributed by atoms with E-state index in [9.17, 15) is 18.0 Å². The van der Waals surface area contributed by atoms with Crippen LogP contribution >= 0.6 is 11.3 Å². The van der Waals surface area contributed by atoms with Crippen LogP contribution < -0.4 is 5.32 Å². The fourth-order valence-electron chi connectivity index (χ4n) is 2.53. The molecule has 1 unspecified atom stereocenters. The number of hydrogen-bond donors (Lipinski definition) is 1. The number of fused-ring (bicyclic) bond motifs is 1. The lowest BCUT2D eigenvalue weighted by molar-refractivity contribution is -0.164. The SMILES string of the molecule is Cc1ccc(C(NC(=O)COCc2nc3ccccc3s2)C(F)(F)F)cc1. The standard InChI is InChI=1S/C19H17F3N2O2S/c1-12-6-8-13(9-7-12)18(19(20,21)22)24-16(25)10-26-11-17-23-14-4-2-3-5-15(14)27-17/h2-9,18H,10-11H2,1H3,(H,24,25). The summed E-state index contributed by atoms with van der Waals surface area (Å²) in [5, 5.41) is 2.66. The van der Waals surface area contributed by atoms with Gasteiger partial charge in [0, 0.05) is 0 Å². The first-order valence-corrected chi connectivity index (χ1v) is 8.99. The first-order chi connectivity index (χ1) is 12.8. The molecule has 3 aromatic rings. The number of thiazole rings is 1. The van der Waals surface area contributed by atoms with Crippen molar-refractivity contribution in [2.75, 3.05) is 6.61 Å². The molecule has 1 amide bonds. The van der Waals surface area contributed by atoms with Gasteiger partial charge in [0.25, 0.3) is 0 Å². The number of amides is 1. The fourth-order valence-corrected chi connectivity index (χ4v) is 3.43. The van der Waals surface area contributed by atoms with Crippen molar-refractivity contribution in [1.29, 1.82) is 0 Å². The van der Waals surface area contributed by atoms with E-state index in [0.717, 1.165) is 15.8 Å². The molecule has 0 bridgehead atoms. The second-order valence-corrected chi connectivity index (χ2v) is 7.14. The highest BCUT2D eigenvalue weighted by Gasteiger charge is 2.41. The van der Waals surface area contributed by atoms with E-state index in [2.05, 4.69) is 4.98 Å². The summed E-state index contributed by atoms with van der Waals surface area (Å²) in [6, 6.07) is 11.3. The number of nitrogens with zero attached hydrogens (tertiary/aromatic N) is 1. The third-order valence-corrected chi connectivity index (χ3v) is 4.85. The summed E-state index contributed by atoms with van der Waals surface area (Å²) in [5.41, 5.74) is 1.64.